The monoisotopic (exact) mass is 200 g/mol. The van der Waals surface area contributed by atoms with E-state index in [-0.39, 0.29) is 11.9 Å². The molecule has 3 atom stereocenters. The Morgan fingerprint density at radius 2 is 2.07 bits per heavy atom. The van der Waals surface area contributed by atoms with Gasteiger partial charge < -0.3 is 16.2 Å². The summed E-state index contributed by atoms with van der Waals surface area (Å²) in [4.78, 5) is 11.3. The lowest BCUT2D eigenvalue weighted by molar-refractivity contribution is -0.123. The number of nitrogens with two attached hydrogens (primary N) is 1. The maximum absolute atomic E-state index is 11.3. The smallest absolute Gasteiger partial charge is 0.236 e. The third kappa shape index (κ3) is 3.27. The number of amides is 1. The highest BCUT2D eigenvalue weighted by molar-refractivity contribution is 5.81. The molecule has 2 unspecified atom stereocenters. The van der Waals surface area contributed by atoms with E-state index in [2.05, 4.69) is 5.32 Å². The number of nitrogens with one attached hydrogen (secondary N) is 1. The van der Waals surface area contributed by atoms with Gasteiger partial charge in [0.2, 0.25) is 5.91 Å². The van der Waals surface area contributed by atoms with Gasteiger partial charge in [-0.2, -0.15) is 0 Å². The molecule has 14 heavy (non-hydrogen) atoms. The summed E-state index contributed by atoms with van der Waals surface area (Å²) in [7, 11) is 0. The third-order valence-electron chi connectivity index (χ3n) is 2.72. The second-order valence-corrected chi connectivity index (χ2v) is 4.11. The Bertz CT molecular complexity index is 195. The maximum Gasteiger partial charge on any atom is 0.236 e. The van der Waals surface area contributed by atoms with E-state index in [1.165, 1.54) is 0 Å². The number of aliphatic hydroxyl groups excluding tert-OH is 1. The number of carbonyl (C=O) groups is 1. The lowest BCUT2D eigenvalue weighted by Gasteiger charge is -2.22. The predicted molar refractivity (Wildman–Crippen MR) is 54.7 cm³/mol. The molecule has 4 nitrogen and oxygen atoms in total. The Morgan fingerprint density at radius 1 is 1.43 bits per heavy atom. The van der Waals surface area contributed by atoms with E-state index in [1.54, 1.807) is 6.92 Å². The second kappa shape index (κ2) is 5.32. The molecular formula is C10H20N2O2. The SMILES string of the molecule is C[C@@H](N)C(=O)NC1CCCCCC1O. The minimum atomic E-state index is -0.495. The highest BCUT2D eigenvalue weighted by Gasteiger charge is 2.23. The van der Waals surface area contributed by atoms with Gasteiger partial charge in [0.05, 0.1) is 18.2 Å². The maximum atomic E-state index is 11.3. The zero-order valence-electron chi connectivity index (χ0n) is 8.70. The molecule has 0 bridgehead atoms. The van der Waals surface area contributed by atoms with Gasteiger partial charge in [0.1, 0.15) is 0 Å². The van der Waals surface area contributed by atoms with Crippen molar-refractivity contribution < 1.29 is 9.90 Å². The molecule has 0 aromatic heterocycles. The van der Waals surface area contributed by atoms with Gasteiger partial charge in [-0.25, -0.2) is 0 Å². The summed E-state index contributed by atoms with van der Waals surface area (Å²) >= 11 is 0. The van der Waals surface area contributed by atoms with Crippen LogP contribution in [0.5, 0.6) is 0 Å². The van der Waals surface area contributed by atoms with E-state index in [0.717, 1.165) is 32.1 Å². The molecule has 1 amide bonds. The summed E-state index contributed by atoms with van der Waals surface area (Å²) in [6, 6.07) is -0.596. The molecule has 1 rings (SSSR count). The molecule has 0 saturated heterocycles. The standard InChI is InChI=1S/C10H20N2O2/c1-7(11)10(14)12-8-5-3-2-4-6-9(8)13/h7-9,13H,2-6,11H2,1H3,(H,12,14)/t7-,8?,9?/m1/s1. The molecule has 1 fully saturated rings. The van der Waals surface area contributed by atoms with Crippen LogP contribution in [0.2, 0.25) is 0 Å². The topological polar surface area (TPSA) is 75.4 Å². The first kappa shape index (κ1) is 11.5. The van der Waals surface area contributed by atoms with Crippen LogP contribution in [0.4, 0.5) is 0 Å². The summed E-state index contributed by atoms with van der Waals surface area (Å²) in [5.41, 5.74) is 5.44. The van der Waals surface area contributed by atoms with Crippen LogP contribution in [0.25, 0.3) is 0 Å². The van der Waals surface area contributed by atoms with Crippen LogP contribution >= 0.6 is 0 Å². The van der Waals surface area contributed by atoms with E-state index in [4.69, 9.17) is 5.73 Å². The van der Waals surface area contributed by atoms with E-state index in [9.17, 15) is 9.90 Å². The normalized spacial score (nSPS) is 30.5. The Balaban J connectivity index is 2.44. The molecule has 0 spiro atoms. The van der Waals surface area contributed by atoms with E-state index in [1.807, 2.05) is 0 Å². The zero-order valence-corrected chi connectivity index (χ0v) is 8.70. The number of hydrogen-bond donors (Lipinski definition) is 3. The molecule has 1 aliphatic carbocycles. The molecule has 82 valence electrons. The zero-order chi connectivity index (χ0) is 10.6. The minimum Gasteiger partial charge on any atom is -0.391 e. The summed E-state index contributed by atoms with van der Waals surface area (Å²) in [5, 5.41) is 12.5. The van der Waals surface area contributed by atoms with Crippen molar-refractivity contribution in [2.45, 2.75) is 57.2 Å². The van der Waals surface area contributed by atoms with Gasteiger partial charge in [-0.15, -0.1) is 0 Å². The fraction of sp³-hybridized carbons (Fsp3) is 0.900. The second-order valence-electron chi connectivity index (χ2n) is 4.11. The Hall–Kier alpha value is -0.610. The number of rotatable bonds is 2. The highest BCUT2D eigenvalue weighted by Crippen LogP contribution is 2.17. The number of carbonyl (C=O) groups excluding carboxylic acids is 1. The van der Waals surface area contributed by atoms with Gasteiger partial charge >= 0.3 is 0 Å². The first-order valence-electron chi connectivity index (χ1n) is 5.35. The van der Waals surface area contributed by atoms with Gasteiger partial charge in [-0.3, -0.25) is 4.79 Å². The molecule has 0 heterocycles. The Labute approximate surface area is 84.9 Å². The quantitative estimate of drug-likeness (QED) is 0.555. The van der Waals surface area contributed by atoms with E-state index < -0.39 is 12.1 Å². The fourth-order valence-electron chi connectivity index (χ4n) is 1.77. The van der Waals surface area contributed by atoms with Crippen molar-refractivity contribution >= 4 is 5.91 Å². The summed E-state index contributed by atoms with van der Waals surface area (Å²) in [6.45, 7) is 1.65. The molecule has 0 radical (unpaired) electrons. The van der Waals surface area contributed by atoms with Crippen LogP contribution in [-0.4, -0.2) is 29.2 Å². The van der Waals surface area contributed by atoms with Gasteiger partial charge in [-0.05, 0) is 19.8 Å². The molecular weight excluding hydrogens is 180 g/mol. The molecule has 1 aliphatic rings. The van der Waals surface area contributed by atoms with Gasteiger partial charge in [0.25, 0.3) is 0 Å². The van der Waals surface area contributed by atoms with Crippen LogP contribution in [-0.2, 0) is 4.79 Å². The van der Waals surface area contributed by atoms with Crippen molar-refractivity contribution in [2.75, 3.05) is 0 Å². The Kier molecular flexibility index (Phi) is 4.35. The predicted octanol–water partition coefficient (Wildman–Crippen LogP) is 0.143. The van der Waals surface area contributed by atoms with E-state index >= 15 is 0 Å². The molecule has 4 N–H and O–H groups in total. The lowest BCUT2D eigenvalue weighted by atomic mass is 10.1. The first-order valence-corrected chi connectivity index (χ1v) is 5.35. The van der Waals surface area contributed by atoms with Gasteiger partial charge in [-0.1, -0.05) is 19.3 Å². The first-order chi connectivity index (χ1) is 6.61. The molecule has 0 aromatic carbocycles. The molecule has 1 saturated carbocycles. The largest absolute Gasteiger partial charge is 0.391 e. The fourth-order valence-corrected chi connectivity index (χ4v) is 1.77. The average molecular weight is 200 g/mol. The molecule has 4 heteroatoms. The highest BCUT2D eigenvalue weighted by atomic mass is 16.3. The van der Waals surface area contributed by atoms with E-state index in [0.29, 0.717) is 0 Å². The van der Waals surface area contributed by atoms with Gasteiger partial charge in [0.15, 0.2) is 0 Å². The molecule has 0 aliphatic heterocycles. The van der Waals surface area contributed by atoms with Crippen molar-refractivity contribution in [2.24, 2.45) is 5.73 Å². The van der Waals surface area contributed by atoms with Crippen LogP contribution < -0.4 is 11.1 Å². The Morgan fingerprint density at radius 3 is 2.71 bits per heavy atom. The third-order valence-corrected chi connectivity index (χ3v) is 2.72. The summed E-state index contributed by atoms with van der Waals surface area (Å²) in [5.74, 6) is -0.170. The van der Waals surface area contributed by atoms with Crippen molar-refractivity contribution in [1.82, 2.24) is 5.32 Å². The van der Waals surface area contributed by atoms with Crippen LogP contribution in [0.3, 0.4) is 0 Å². The van der Waals surface area contributed by atoms with Crippen LogP contribution in [0, 0.1) is 0 Å². The van der Waals surface area contributed by atoms with Crippen molar-refractivity contribution in [1.29, 1.82) is 0 Å². The number of aliphatic hydroxyl groups is 1. The van der Waals surface area contributed by atoms with Crippen molar-refractivity contribution in [3.8, 4) is 0 Å². The van der Waals surface area contributed by atoms with Crippen molar-refractivity contribution in [3.05, 3.63) is 0 Å². The minimum absolute atomic E-state index is 0.101. The number of hydrogen-bond acceptors (Lipinski definition) is 3. The summed E-state index contributed by atoms with van der Waals surface area (Å²) in [6.07, 6.45) is 4.50. The average Bonchev–Trinajstić information content (AvgIpc) is 2.32. The lowest BCUT2D eigenvalue weighted by Crippen LogP contribution is -2.48. The van der Waals surface area contributed by atoms with Gasteiger partial charge in [0, 0.05) is 0 Å². The van der Waals surface area contributed by atoms with Crippen LogP contribution in [0.15, 0.2) is 0 Å². The summed E-state index contributed by atoms with van der Waals surface area (Å²) < 4.78 is 0. The molecule has 0 aromatic rings. The van der Waals surface area contributed by atoms with Crippen molar-refractivity contribution in [3.63, 3.8) is 0 Å². The van der Waals surface area contributed by atoms with Crippen LogP contribution in [0.1, 0.15) is 39.0 Å².